The van der Waals surface area contributed by atoms with Crippen molar-refractivity contribution in [3.63, 3.8) is 0 Å². The zero-order valence-electron chi connectivity index (χ0n) is 17.9. The Bertz CT molecular complexity index is 1210. The lowest BCUT2D eigenvalue weighted by Crippen LogP contribution is -2.60. The summed E-state index contributed by atoms with van der Waals surface area (Å²) in [5, 5.41) is 0.300. The first-order chi connectivity index (χ1) is 16.2. The van der Waals surface area contributed by atoms with Crippen molar-refractivity contribution in [2.75, 3.05) is 13.1 Å². The Morgan fingerprint density at radius 2 is 1.88 bits per heavy atom. The molecule has 1 aliphatic heterocycles. The Labute approximate surface area is 199 Å². The van der Waals surface area contributed by atoms with Crippen LogP contribution >= 0.6 is 11.6 Å². The van der Waals surface area contributed by atoms with E-state index in [2.05, 4.69) is 9.97 Å². The van der Waals surface area contributed by atoms with E-state index in [1.54, 1.807) is 30.6 Å². The number of hydrogen-bond donors (Lipinski definition) is 1. The standard InChI is InChI=1S/C24H20ClF3N4O2/c25-20-5-3-17(13-21(20)34-22-6-4-18(14-31-22)24(26,27)28)12-16-7-10-32(11-8-16,23(29)33)19-2-1-9-30-15-19/h1-6,9,12-15H,7-8,10-11H2,(H-,29,33)/p+1. The van der Waals surface area contributed by atoms with E-state index in [1.807, 2.05) is 18.2 Å². The fourth-order valence-corrected chi connectivity index (χ4v) is 4.06. The van der Waals surface area contributed by atoms with Gasteiger partial charge in [-0.15, -0.1) is 0 Å². The van der Waals surface area contributed by atoms with E-state index in [1.165, 1.54) is 0 Å². The Hall–Kier alpha value is -3.43. The number of urea groups is 1. The number of aromatic nitrogens is 2. The van der Waals surface area contributed by atoms with E-state index < -0.39 is 17.8 Å². The number of amides is 2. The molecular formula is C24H21ClF3N4O2+. The molecule has 0 saturated carbocycles. The zero-order chi connectivity index (χ0) is 24.3. The van der Waals surface area contributed by atoms with Gasteiger partial charge < -0.3 is 10.5 Å². The molecule has 0 radical (unpaired) electrons. The Morgan fingerprint density at radius 3 is 2.47 bits per heavy atom. The van der Waals surface area contributed by atoms with Crippen LogP contribution in [0, 0.1) is 0 Å². The summed E-state index contributed by atoms with van der Waals surface area (Å²) < 4.78 is 43.9. The molecule has 10 heteroatoms. The minimum Gasteiger partial charge on any atom is -0.437 e. The second-order valence-corrected chi connectivity index (χ2v) is 8.35. The number of halogens is 4. The number of likely N-dealkylation sites (tertiary alicyclic amines) is 1. The largest absolute Gasteiger partial charge is 0.437 e. The van der Waals surface area contributed by atoms with Crippen molar-refractivity contribution in [2.24, 2.45) is 5.73 Å². The highest BCUT2D eigenvalue weighted by Gasteiger charge is 2.40. The topological polar surface area (TPSA) is 78.1 Å². The SMILES string of the molecule is NC(=O)[N+]1(c2cccnc2)CCC(=Cc2ccc(Cl)c(Oc3ccc(C(F)(F)F)cn3)c2)CC1. The number of rotatable bonds is 4. The third-order valence-corrected chi connectivity index (χ3v) is 6.11. The number of pyridine rings is 2. The molecule has 34 heavy (non-hydrogen) atoms. The molecule has 0 atom stereocenters. The first kappa shape index (κ1) is 23.7. The zero-order valence-corrected chi connectivity index (χ0v) is 18.7. The van der Waals surface area contributed by atoms with Gasteiger partial charge in [0.25, 0.3) is 0 Å². The van der Waals surface area contributed by atoms with Gasteiger partial charge in [0.15, 0.2) is 5.69 Å². The van der Waals surface area contributed by atoms with Crippen LogP contribution in [0.2, 0.25) is 5.02 Å². The first-order valence-electron chi connectivity index (χ1n) is 10.5. The predicted octanol–water partition coefficient (Wildman–Crippen LogP) is 6.20. The summed E-state index contributed by atoms with van der Waals surface area (Å²) in [6.45, 7) is 1.03. The van der Waals surface area contributed by atoms with Crippen molar-refractivity contribution >= 4 is 29.4 Å². The summed E-state index contributed by atoms with van der Waals surface area (Å²) in [5.74, 6) is 0.272. The Balaban J connectivity index is 1.50. The average molecular weight is 490 g/mol. The lowest BCUT2D eigenvalue weighted by atomic mass is 9.98. The second-order valence-electron chi connectivity index (χ2n) is 7.94. The lowest BCUT2D eigenvalue weighted by molar-refractivity contribution is -0.137. The third-order valence-electron chi connectivity index (χ3n) is 5.80. The lowest BCUT2D eigenvalue weighted by Gasteiger charge is -2.37. The molecular weight excluding hydrogens is 469 g/mol. The number of quaternary nitrogens is 1. The van der Waals surface area contributed by atoms with Crippen molar-refractivity contribution in [2.45, 2.75) is 19.0 Å². The fourth-order valence-electron chi connectivity index (χ4n) is 3.91. The summed E-state index contributed by atoms with van der Waals surface area (Å²) >= 11 is 6.22. The van der Waals surface area contributed by atoms with Gasteiger partial charge in [0.05, 0.1) is 29.9 Å². The van der Waals surface area contributed by atoms with E-state index in [0.717, 1.165) is 29.0 Å². The Morgan fingerprint density at radius 1 is 1.12 bits per heavy atom. The van der Waals surface area contributed by atoms with E-state index in [9.17, 15) is 18.0 Å². The van der Waals surface area contributed by atoms with E-state index >= 15 is 0 Å². The van der Waals surface area contributed by atoms with Crippen molar-refractivity contribution in [3.8, 4) is 11.6 Å². The maximum atomic E-state index is 12.7. The number of carbonyl (C=O) groups is 1. The first-order valence-corrected chi connectivity index (χ1v) is 10.8. The molecule has 1 aliphatic rings. The van der Waals surface area contributed by atoms with Crippen LogP contribution in [0.1, 0.15) is 24.0 Å². The van der Waals surface area contributed by atoms with Gasteiger partial charge in [-0.05, 0) is 29.8 Å². The van der Waals surface area contributed by atoms with Crippen LogP contribution in [0.5, 0.6) is 11.6 Å². The van der Waals surface area contributed by atoms with Crippen LogP contribution < -0.4 is 15.0 Å². The van der Waals surface area contributed by atoms with Crippen molar-refractivity contribution in [1.29, 1.82) is 0 Å². The summed E-state index contributed by atoms with van der Waals surface area (Å²) in [7, 11) is 0. The fraction of sp³-hybridized carbons (Fsp3) is 0.208. The van der Waals surface area contributed by atoms with Gasteiger partial charge in [0.1, 0.15) is 5.75 Å². The molecule has 1 saturated heterocycles. The van der Waals surface area contributed by atoms with Gasteiger partial charge in [-0.2, -0.15) is 13.2 Å². The molecule has 0 aliphatic carbocycles. The van der Waals surface area contributed by atoms with Crippen LogP contribution in [0.3, 0.4) is 0 Å². The minimum absolute atomic E-state index is 0.00242. The molecule has 4 rings (SSSR count). The summed E-state index contributed by atoms with van der Waals surface area (Å²) in [6.07, 6.45) is 2.84. The smallest absolute Gasteiger partial charge is 0.419 e. The van der Waals surface area contributed by atoms with Crippen LogP contribution in [-0.2, 0) is 6.18 Å². The number of nitrogens with two attached hydrogens (primary N) is 1. The number of carbonyl (C=O) groups excluding carboxylic acids is 1. The predicted molar refractivity (Wildman–Crippen MR) is 123 cm³/mol. The Kier molecular flexibility index (Phi) is 6.58. The molecule has 2 amide bonds. The monoisotopic (exact) mass is 489 g/mol. The van der Waals surface area contributed by atoms with Gasteiger partial charge >= 0.3 is 12.2 Å². The van der Waals surface area contributed by atoms with Crippen molar-refractivity contribution in [3.05, 3.63) is 82.8 Å². The molecule has 6 nitrogen and oxygen atoms in total. The van der Waals surface area contributed by atoms with Crippen molar-refractivity contribution in [1.82, 2.24) is 14.5 Å². The van der Waals surface area contributed by atoms with Crippen LogP contribution in [0.4, 0.5) is 23.7 Å². The molecule has 1 aromatic carbocycles. The number of ether oxygens (including phenoxy) is 1. The van der Waals surface area contributed by atoms with Crippen LogP contribution in [-0.4, -0.2) is 29.1 Å². The number of nitrogens with zero attached hydrogens (tertiary/aromatic N) is 3. The number of hydrogen-bond acceptors (Lipinski definition) is 4. The quantitative estimate of drug-likeness (QED) is 0.442. The van der Waals surface area contributed by atoms with E-state index in [-0.39, 0.29) is 16.1 Å². The highest BCUT2D eigenvalue weighted by molar-refractivity contribution is 6.32. The van der Waals surface area contributed by atoms with Gasteiger partial charge in [0, 0.05) is 37.4 Å². The van der Waals surface area contributed by atoms with E-state index in [4.69, 9.17) is 22.1 Å². The minimum atomic E-state index is -4.48. The van der Waals surface area contributed by atoms with Gasteiger partial charge in [0.2, 0.25) is 5.88 Å². The summed E-state index contributed by atoms with van der Waals surface area (Å²) in [6, 6.07) is 10.4. The molecule has 0 unspecified atom stereocenters. The van der Waals surface area contributed by atoms with Crippen LogP contribution in [0.15, 0.2) is 66.6 Å². The number of piperidine rings is 1. The summed E-state index contributed by atoms with van der Waals surface area (Å²) in [5.41, 5.74) is 7.60. The number of primary amides is 1. The third kappa shape index (κ3) is 5.05. The summed E-state index contributed by atoms with van der Waals surface area (Å²) in [4.78, 5) is 20.2. The normalized spacial score (nSPS) is 18.4. The van der Waals surface area contributed by atoms with Gasteiger partial charge in [-0.1, -0.05) is 29.3 Å². The highest BCUT2D eigenvalue weighted by Crippen LogP contribution is 2.34. The maximum Gasteiger partial charge on any atom is 0.419 e. The second kappa shape index (κ2) is 9.44. The molecule has 0 spiro atoms. The molecule has 176 valence electrons. The van der Waals surface area contributed by atoms with Gasteiger partial charge in [-0.3, -0.25) is 4.98 Å². The maximum absolute atomic E-state index is 12.7. The van der Waals surface area contributed by atoms with E-state index in [0.29, 0.717) is 37.2 Å². The molecule has 2 aromatic heterocycles. The molecule has 1 fully saturated rings. The van der Waals surface area contributed by atoms with Crippen molar-refractivity contribution < 1.29 is 22.7 Å². The average Bonchev–Trinajstić information content (AvgIpc) is 2.82. The van der Waals surface area contributed by atoms with Crippen LogP contribution in [0.25, 0.3) is 6.08 Å². The number of alkyl halides is 3. The molecule has 3 heterocycles. The molecule has 2 N–H and O–H groups in total. The molecule has 3 aromatic rings. The van der Waals surface area contributed by atoms with Gasteiger partial charge in [-0.25, -0.2) is 14.3 Å². The highest BCUT2D eigenvalue weighted by atomic mass is 35.5. The molecule has 0 bridgehead atoms. The number of benzene rings is 1.